The maximum absolute atomic E-state index is 14.3. The predicted molar refractivity (Wildman–Crippen MR) is 87.4 cm³/mol. The van der Waals surface area contributed by atoms with Crippen molar-refractivity contribution in [2.24, 2.45) is 0 Å². The van der Waals surface area contributed by atoms with Crippen LogP contribution in [0.15, 0.2) is 24.3 Å². The summed E-state index contributed by atoms with van der Waals surface area (Å²) in [4.78, 5) is 12.7. The van der Waals surface area contributed by atoms with Gasteiger partial charge in [-0.1, -0.05) is 26.0 Å². The minimum atomic E-state index is -0.798. The summed E-state index contributed by atoms with van der Waals surface area (Å²) in [5.41, 5.74) is 0.481. The highest BCUT2D eigenvalue weighted by molar-refractivity contribution is 5.91. The Morgan fingerprint density at radius 3 is 1.50 bits per heavy atom. The van der Waals surface area contributed by atoms with Crippen molar-refractivity contribution >= 4 is 5.78 Å². The second-order valence-electron chi connectivity index (χ2n) is 6.07. The molecule has 0 heterocycles. The highest BCUT2D eigenvalue weighted by Crippen LogP contribution is 2.33. The number of phenols is 2. The molecule has 0 aliphatic heterocycles. The molecule has 0 amide bonds. The van der Waals surface area contributed by atoms with Gasteiger partial charge in [0.25, 0.3) is 0 Å². The van der Waals surface area contributed by atoms with E-state index in [1.165, 1.54) is 38.1 Å². The van der Waals surface area contributed by atoms with Gasteiger partial charge in [0.05, 0.1) is 0 Å². The molecule has 0 aliphatic rings. The number of halogens is 2. The number of ketones is 1. The van der Waals surface area contributed by atoms with Gasteiger partial charge in [-0.25, -0.2) is 8.78 Å². The Morgan fingerprint density at radius 1 is 0.833 bits per heavy atom. The molecule has 0 aliphatic carbocycles. The monoisotopic (exact) mass is 334 g/mol. The molecule has 2 aromatic carbocycles. The van der Waals surface area contributed by atoms with Crippen molar-refractivity contribution in [3.63, 3.8) is 0 Å². The molecule has 0 aromatic heterocycles. The second-order valence-corrected chi connectivity index (χ2v) is 6.07. The van der Waals surface area contributed by atoms with Crippen LogP contribution in [0.25, 0.3) is 0 Å². The summed E-state index contributed by atoms with van der Waals surface area (Å²) < 4.78 is 28.6. The maximum atomic E-state index is 14.3. The van der Waals surface area contributed by atoms with E-state index in [9.17, 15) is 23.8 Å². The van der Waals surface area contributed by atoms with Gasteiger partial charge < -0.3 is 10.2 Å². The van der Waals surface area contributed by atoms with Gasteiger partial charge in [0.15, 0.2) is 0 Å². The summed E-state index contributed by atoms with van der Waals surface area (Å²) in [6.07, 6.45) is 0. The van der Waals surface area contributed by atoms with E-state index in [2.05, 4.69) is 0 Å². The number of carbonyl (C=O) groups excluding carboxylic acids is 1. The van der Waals surface area contributed by atoms with Gasteiger partial charge >= 0.3 is 0 Å². The lowest BCUT2D eigenvalue weighted by atomic mass is 9.84. The molecule has 24 heavy (non-hydrogen) atoms. The van der Waals surface area contributed by atoms with Crippen molar-refractivity contribution in [2.75, 3.05) is 0 Å². The fraction of sp³-hybridized carbons (Fsp3) is 0.316. The quantitative estimate of drug-likeness (QED) is 0.867. The van der Waals surface area contributed by atoms with E-state index >= 15 is 0 Å². The Balaban J connectivity index is 2.38. The predicted octanol–water partition coefficient (Wildman–Crippen LogP) is 4.47. The first-order valence-corrected chi connectivity index (χ1v) is 7.66. The molecule has 2 N–H and O–H groups in total. The Labute approximate surface area is 139 Å². The summed E-state index contributed by atoms with van der Waals surface area (Å²) in [6, 6.07) is 5.41. The minimum Gasteiger partial charge on any atom is -0.508 e. The van der Waals surface area contributed by atoms with E-state index in [1.807, 2.05) is 0 Å². The SMILES string of the molecule is Cc1c(O)ccc(C(C)C(=O)C(C)c2ccc(O)c(C)c2F)c1F. The van der Waals surface area contributed by atoms with Gasteiger partial charge in [-0.2, -0.15) is 0 Å². The summed E-state index contributed by atoms with van der Waals surface area (Å²) in [6.45, 7) is 5.97. The molecule has 5 heteroatoms. The van der Waals surface area contributed by atoms with E-state index in [-0.39, 0.29) is 39.5 Å². The van der Waals surface area contributed by atoms with Crippen molar-refractivity contribution in [3.05, 3.63) is 58.2 Å². The average molecular weight is 334 g/mol. The molecule has 0 bridgehead atoms. The zero-order valence-corrected chi connectivity index (χ0v) is 14.0. The van der Waals surface area contributed by atoms with Gasteiger partial charge in [-0.05, 0) is 37.1 Å². The Kier molecular flexibility index (Phi) is 4.92. The lowest BCUT2D eigenvalue weighted by Gasteiger charge is -2.19. The van der Waals surface area contributed by atoms with Crippen LogP contribution in [-0.4, -0.2) is 16.0 Å². The molecule has 0 spiro atoms. The van der Waals surface area contributed by atoms with E-state index < -0.39 is 23.5 Å². The van der Waals surface area contributed by atoms with E-state index in [0.717, 1.165) is 0 Å². The number of Topliss-reactive ketones (excluding diaryl/α,β-unsaturated/α-hetero) is 1. The summed E-state index contributed by atoms with van der Waals surface area (Å²) in [5.74, 6) is -3.56. The lowest BCUT2D eigenvalue weighted by Crippen LogP contribution is -2.19. The number of phenolic OH excluding ortho intramolecular Hbond substituents is 2. The topological polar surface area (TPSA) is 57.5 Å². The lowest BCUT2D eigenvalue weighted by molar-refractivity contribution is -0.121. The van der Waals surface area contributed by atoms with Crippen molar-refractivity contribution in [2.45, 2.75) is 39.5 Å². The normalized spacial score (nSPS) is 13.6. The van der Waals surface area contributed by atoms with Crippen LogP contribution < -0.4 is 0 Å². The van der Waals surface area contributed by atoms with Crippen LogP contribution in [0.4, 0.5) is 8.78 Å². The largest absolute Gasteiger partial charge is 0.508 e. The van der Waals surface area contributed by atoms with Crippen LogP contribution in [0.1, 0.15) is 47.9 Å². The van der Waals surface area contributed by atoms with E-state index in [1.54, 1.807) is 13.8 Å². The van der Waals surface area contributed by atoms with Crippen molar-refractivity contribution < 1.29 is 23.8 Å². The molecule has 128 valence electrons. The molecular weight excluding hydrogens is 314 g/mol. The summed E-state index contributed by atoms with van der Waals surface area (Å²) >= 11 is 0. The van der Waals surface area contributed by atoms with Crippen molar-refractivity contribution in [1.29, 1.82) is 0 Å². The first-order chi connectivity index (χ1) is 11.2. The van der Waals surface area contributed by atoms with Gasteiger partial charge in [0.1, 0.15) is 28.9 Å². The summed E-state index contributed by atoms with van der Waals surface area (Å²) in [5, 5.41) is 19.1. The Bertz CT molecular complexity index is 734. The van der Waals surface area contributed by atoms with Crippen molar-refractivity contribution in [1.82, 2.24) is 0 Å². The molecule has 3 nitrogen and oxygen atoms in total. The Hall–Kier alpha value is -2.43. The third-order valence-electron chi connectivity index (χ3n) is 4.56. The molecule has 2 unspecified atom stereocenters. The molecule has 0 saturated heterocycles. The second kappa shape index (κ2) is 6.59. The van der Waals surface area contributed by atoms with Crippen LogP contribution in [0.3, 0.4) is 0 Å². The average Bonchev–Trinajstić information content (AvgIpc) is 2.56. The highest BCUT2D eigenvalue weighted by atomic mass is 19.1. The van der Waals surface area contributed by atoms with Gasteiger partial charge in [0, 0.05) is 23.0 Å². The molecule has 2 atom stereocenters. The van der Waals surface area contributed by atoms with Crippen molar-refractivity contribution in [3.8, 4) is 11.5 Å². The third-order valence-corrected chi connectivity index (χ3v) is 4.56. The minimum absolute atomic E-state index is 0.0754. The third kappa shape index (κ3) is 2.98. The van der Waals surface area contributed by atoms with E-state index in [4.69, 9.17) is 0 Å². The highest BCUT2D eigenvalue weighted by Gasteiger charge is 2.28. The van der Waals surface area contributed by atoms with Crippen LogP contribution in [0.5, 0.6) is 11.5 Å². The number of carbonyl (C=O) groups is 1. The van der Waals surface area contributed by atoms with Gasteiger partial charge in [-0.3, -0.25) is 4.79 Å². The zero-order valence-electron chi connectivity index (χ0n) is 14.0. The van der Waals surface area contributed by atoms with Crippen LogP contribution in [-0.2, 0) is 4.79 Å². The number of hydrogen-bond donors (Lipinski definition) is 2. The molecular formula is C19H20F2O3. The molecule has 0 radical (unpaired) electrons. The first-order valence-electron chi connectivity index (χ1n) is 7.66. The maximum Gasteiger partial charge on any atom is 0.147 e. The Morgan fingerprint density at radius 2 is 1.17 bits per heavy atom. The number of benzene rings is 2. The van der Waals surface area contributed by atoms with E-state index in [0.29, 0.717) is 0 Å². The molecule has 0 saturated carbocycles. The van der Waals surface area contributed by atoms with Gasteiger partial charge in [0.2, 0.25) is 0 Å². The molecule has 0 fully saturated rings. The summed E-state index contributed by atoms with van der Waals surface area (Å²) in [7, 11) is 0. The van der Waals surface area contributed by atoms with Crippen LogP contribution >= 0.6 is 0 Å². The molecule has 2 aromatic rings. The zero-order chi connectivity index (χ0) is 18.2. The molecule has 2 rings (SSSR count). The number of rotatable bonds is 4. The fourth-order valence-corrected chi connectivity index (χ4v) is 2.74. The van der Waals surface area contributed by atoms with Gasteiger partial charge in [-0.15, -0.1) is 0 Å². The fourth-order valence-electron chi connectivity index (χ4n) is 2.74. The van der Waals surface area contributed by atoms with Crippen LogP contribution in [0.2, 0.25) is 0 Å². The number of aromatic hydroxyl groups is 2. The number of hydrogen-bond acceptors (Lipinski definition) is 3. The smallest absolute Gasteiger partial charge is 0.147 e. The first kappa shape index (κ1) is 17.9. The standard InChI is InChI=1S/C19H20F2O3/c1-9(13-5-7-15(22)11(3)17(13)20)19(24)10(2)14-6-8-16(23)12(4)18(14)21/h5-10,22-23H,1-4H3. The van der Waals surface area contributed by atoms with Crippen LogP contribution in [0, 0.1) is 25.5 Å².